The normalized spacial score (nSPS) is 15.1. The van der Waals surface area contributed by atoms with Gasteiger partial charge in [0.25, 0.3) is 0 Å². The van der Waals surface area contributed by atoms with Gasteiger partial charge >= 0.3 is 0 Å². The Morgan fingerprint density at radius 1 is 1.00 bits per heavy atom. The van der Waals surface area contributed by atoms with Crippen LogP contribution in [0.25, 0.3) is 6.08 Å². The molecular formula is C22H26N2O5S. The van der Waals surface area contributed by atoms with Crippen molar-refractivity contribution in [2.75, 3.05) is 32.6 Å². The summed E-state index contributed by atoms with van der Waals surface area (Å²) < 4.78 is 37.6. The van der Waals surface area contributed by atoms with Crippen molar-refractivity contribution >= 4 is 27.7 Å². The quantitative estimate of drug-likeness (QED) is 0.680. The first kappa shape index (κ1) is 21.9. The van der Waals surface area contributed by atoms with E-state index >= 15 is 0 Å². The molecule has 0 bridgehead atoms. The lowest BCUT2D eigenvalue weighted by atomic mass is 10.2. The number of rotatable bonds is 7. The van der Waals surface area contributed by atoms with Crippen LogP contribution >= 0.6 is 0 Å². The van der Waals surface area contributed by atoms with Crippen molar-refractivity contribution in [3.63, 3.8) is 0 Å². The lowest BCUT2D eigenvalue weighted by molar-refractivity contribution is -0.111. The Morgan fingerprint density at radius 2 is 1.67 bits per heavy atom. The van der Waals surface area contributed by atoms with Crippen LogP contribution in [0.4, 0.5) is 5.69 Å². The van der Waals surface area contributed by atoms with Crippen molar-refractivity contribution in [1.29, 1.82) is 0 Å². The van der Waals surface area contributed by atoms with E-state index in [4.69, 9.17) is 9.47 Å². The summed E-state index contributed by atoms with van der Waals surface area (Å²) in [4.78, 5) is 12.5. The summed E-state index contributed by atoms with van der Waals surface area (Å²) in [5.41, 5.74) is 1.16. The second-order valence-electron chi connectivity index (χ2n) is 6.96. The minimum absolute atomic E-state index is 0.184. The van der Waals surface area contributed by atoms with Gasteiger partial charge in [-0.3, -0.25) is 4.79 Å². The summed E-state index contributed by atoms with van der Waals surface area (Å²) in [5, 5.41) is 2.71. The molecule has 1 aliphatic rings. The lowest BCUT2D eigenvalue weighted by Crippen LogP contribution is -2.35. The number of piperidine rings is 1. The number of sulfonamides is 1. The predicted octanol–water partition coefficient (Wildman–Crippen LogP) is 3.53. The van der Waals surface area contributed by atoms with Crippen LogP contribution in [0, 0.1) is 0 Å². The Balaban J connectivity index is 1.72. The maximum atomic E-state index is 12.8. The average molecular weight is 431 g/mol. The van der Waals surface area contributed by atoms with E-state index in [9.17, 15) is 13.2 Å². The van der Waals surface area contributed by atoms with E-state index in [2.05, 4.69) is 5.32 Å². The van der Waals surface area contributed by atoms with Gasteiger partial charge in [-0.25, -0.2) is 8.42 Å². The molecule has 0 atom stereocenters. The van der Waals surface area contributed by atoms with Crippen LogP contribution in [0.1, 0.15) is 24.8 Å². The highest BCUT2D eigenvalue weighted by molar-refractivity contribution is 7.89. The second kappa shape index (κ2) is 9.77. The molecule has 2 aromatic carbocycles. The Hall–Kier alpha value is -2.84. The Labute approximate surface area is 177 Å². The first-order valence-electron chi connectivity index (χ1n) is 9.75. The van der Waals surface area contributed by atoms with E-state index in [0.717, 1.165) is 24.8 Å². The van der Waals surface area contributed by atoms with Crippen LogP contribution in [0.2, 0.25) is 0 Å². The largest absolute Gasteiger partial charge is 0.497 e. The van der Waals surface area contributed by atoms with Crippen LogP contribution in [0.5, 0.6) is 11.5 Å². The molecule has 0 radical (unpaired) electrons. The zero-order valence-corrected chi connectivity index (χ0v) is 17.9. The third-order valence-electron chi connectivity index (χ3n) is 4.86. The van der Waals surface area contributed by atoms with Gasteiger partial charge in [-0.05, 0) is 54.8 Å². The summed E-state index contributed by atoms with van der Waals surface area (Å²) >= 11 is 0. The summed E-state index contributed by atoms with van der Waals surface area (Å²) in [6.07, 6.45) is 5.80. The highest BCUT2D eigenvalue weighted by atomic mass is 32.2. The number of hydrogen-bond donors (Lipinski definition) is 1. The van der Waals surface area contributed by atoms with E-state index in [1.54, 1.807) is 56.7 Å². The summed E-state index contributed by atoms with van der Waals surface area (Å²) in [6, 6.07) is 11.6. The minimum atomic E-state index is -3.55. The fourth-order valence-electron chi connectivity index (χ4n) is 3.27. The molecule has 160 valence electrons. The molecule has 8 heteroatoms. The number of nitrogens with one attached hydrogen (secondary N) is 1. The fourth-order valence-corrected chi connectivity index (χ4v) is 4.83. The van der Waals surface area contributed by atoms with Crippen molar-refractivity contribution in [2.24, 2.45) is 0 Å². The molecule has 30 heavy (non-hydrogen) atoms. The molecule has 7 nitrogen and oxygen atoms in total. The van der Waals surface area contributed by atoms with Gasteiger partial charge in [0.1, 0.15) is 11.5 Å². The number of carbonyl (C=O) groups is 1. The predicted molar refractivity (Wildman–Crippen MR) is 116 cm³/mol. The molecule has 2 aromatic rings. The number of carbonyl (C=O) groups excluding carboxylic acids is 1. The zero-order valence-electron chi connectivity index (χ0n) is 17.1. The molecule has 0 aliphatic carbocycles. The smallest absolute Gasteiger partial charge is 0.248 e. The zero-order chi connectivity index (χ0) is 21.6. The Kier molecular flexibility index (Phi) is 7.12. The first-order chi connectivity index (χ1) is 14.4. The van der Waals surface area contributed by atoms with E-state index in [-0.39, 0.29) is 10.8 Å². The molecule has 1 fully saturated rings. The SMILES string of the molecule is COc1cc(/C=C/C(=O)Nc2cccc(S(=O)(=O)N3CCCCC3)c2)cc(OC)c1. The Bertz CT molecular complexity index is 1010. The van der Waals surface area contributed by atoms with Crippen LogP contribution < -0.4 is 14.8 Å². The molecule has 1 aliphatic heterocycles. The molecular weight excluding hydrogens is 404 g/mol. The van der Waals surface area contributed by atoms with Gasteiger partial charge in [-0.2, -0.15) is 4.31 Å². The molecule has 0 saturated carbocycles. The van der Waals surface area contributed by atoms with Crippen molar-refractivity contribution < 1.29 is 22.7 Å². The number of methoxy groups -OCH3 is 2. The number of hydrogen-bond acceptors (Lipinski definition) is 5. The van der Waals surface area contributed by atoms with E-state index in [1.165, 1.54) is 16.4 Å². The minimum Gasteiger partial charge on any atom is -0.497 e. The van der Waals surface area contributed by atoms with Crippen molar-refractivity contribution in [2.45, 2.75) is 24.2 Å². The van der Waals surface area contributed by atoms with Gasteiger partial charge in [0, 0.05) is 30.9 Å². The van der Waals surface area contributed by atoms with Gasteiger partial charge in [-0.15, -0.1) is 0 Å². The third kappa shape index (κ3) is 5.40. The van der Waals surface area contributed by atoms with Crippen molar-refractivity contribution in [3.05, 3.63) is 54.1 Å². The highest BCUT2D eigenvalue weighted by Crippen LogP contribution is 2.24. The molecule has 1 N–H and O–H groups in total. The molecule has 3 rings (SSSR count). The van der Waals surface area contributed by atoms with Crippen LogP contribution in [-0.4, -0.2) is 45.9 Å². The number of anilines is 1. The van der Waals surface area contributed by atoms with Crippen LogP contribution in [0.3, 0.4) is 0 Å². The van der Waals surface area contributed by atoms with Crippen LogP contribution in [0.15, 0.2) is 53.4 Å². The second-order valence-corrected chi connectivity index (χ2v) is 8.90. The average Bonchev–Trinajstić information content (AvgIpc) is 2.78. The fraction of sp³-hybridized carbons (Fsp3) is 0.318. The molecule has 0 unspecified atom stereocenters. The Morgan fingerprint density at radius 3 is 2.30 bits per heavy atom. The monoisotopic (exact) mass is 430 g/mol. The van der Waals surface area contributed by atoms with Gasteiger partial charge in [0.15, 0.2) is 0 Å². The standard InChI is InChI=1S/C22H26N2O5S/c1-28-19-13-17(14-20(16-19)29-2)9-10-22(25)23-18-7-6-8-21(15-18)30(26,27)24-11-4-3-5-12-24/h6-10,13-16H,3-5,11-12H2,1-2H3,(H,23,25)/b10-9+. The molecule has 0 spiro atoms. The number of benzene rings is 2. The number of amides is 1. The highest BCUT2D eigenvalue weighted by Gasteiger charge is 2.26. The van der Waals surface area contributed by atoms with E-state index in [0.29, 0.717) is 30.3 Å². The maximum absolute atomic E-state index is 12.8. The van der Waals surface area contributed by atoms with E-state index in [1.807, 2.05) is 0 Å². The number of nitrogens with zero attached hydrogens (tertiary/aromatic N) is 1. The van der Waals surface area contributed by atoms with Crippen LogP contribution in [-0.2, 0) is 14.8 Å². The van der Waals surface area contributed by atoms with Gasteiger partial charge < -0.3 is 14.8 Å². The van der Waals surface area contributed by atoms with Crippen molar-refractivity contribution in [3.8, 4) is 11.5 Å². The topological polar surface area (TPSA) is 84.9 Å². The summed E-state index contributed by atoms with van der Waals surface area (Å²) in [7, 11) is -0.444. The number of ether oxygens (including phenoxy) is 2. The maximum Gasteiger partial charge on any atom is 0.248 e. The lowest BCUT2D eigenvalue weighted by Gasteiger charge is -2.26. The summed E-state index contributed by atoms with van der Waals surface area (Å²) in [5.74, 6) is 0.861. The third-order valence-corrected chi connectivity index (χ3v) is 6.75. The first-order valence-corrected chi connectivity index (χ1v) is 11.2. The van der Waals surface area contributed by atoms with Crippen molar-refractivity contribution in [1.82, 2.24) is 4.31 Å². The molecule has 1 saturated heterocycles. The summed E-state index contributed by atoms with van der Waals surface area (Å²) in [6.45, 7) is 1.07. The van der Waals surface area contributed by atoms with Gasteiger partial charge in [0.2, 0.25) is 15.9 Å². The van der Waals surface area contributed by atoms with E-state index < -0.39 is 10.0 Å². The molecule has 0 aromatic heterocycles. The van der Waals surface area contributed by atoms with Gasteiger partial charge in [-0.1, -0.05) is 12.5 Å². The molecule has 1 amide bonds. The van der Waals surface area contributed by atoms with Gasteiger partial charge in [0.05, 0.1) is 19.1 Å². The molecule has 1 heterocycles.